The predicted octanol–water partition coefficient (Wildman–Crippen LogP) is 2.57. The van der Waals surface area contributed by atoms with Gasteiger partial charge in [-0.05, 0) is 18.2 Å². The van der Waals surface area contributed by atoms with Crippen LogP contribution in [0.15, 0.2) is 52.4 Å². The predicted molar refractivity (Wildman–Crippen MR) is 101 cm³/mol. The van der Waals surface area contributed by atoms with Gasteiger partial charge in [0.15, 0.2) is 5.16 Å². The fourth-order valence-corrected chi connectivity index (χ4v) is 3.03. The zero-order valence-corrected chi connectivity index (χ0v) is 14.9. The second-order valence-electron chi connectivity index (χ2n) is 5.37. The second-order valence-corrected chi connectivity index (χ2v) is 6.33. The summed E-state index contributed by atoms with van der Waals surface area (Å²) in [6.45, 7) is 0. The van der Waals surface area contributed by atoms with Crippen molar-refractivity contribution >= 4 is 39.9 Å². The molecule has 0 aliphatic heterocycles. The molecule has 2 aromatic carbocycles. The molecule has 9 nitrogen and oxygen atoms in total. The standard InChI is InChI=1S/C17H14N4O5S/c1-26-14-7-6-10(21(24)25)8-13(14)18-15(22)9-27-17-19-12-5-3-2-4-11(12)16(23)20-17/h2-8H,9H2,1H3,(H,18,22)(H,19,20,23). The van der Waals surface area contributed by atoms with Crippen molar-refractivity contribution in [3.05, 3.63) is 62.9 Å². The van der Waals surface area contributed by atoms with E-state index in [4.69, 9.17) is 4.74 Å². The summed E-state index contributed by atoms with van der Waals surface area (Å²) >= 11 is 1.05. The molecule has 1 amide bonds. The molecular formula is C17H14N4O5S. The number of nitro benzene ring substituents is 1. The topological polar surface area (TPSA) is 127 Å². The molecule has 27 heavy (non-hydrogen) atoms. The number of carbonyl (C=O) groups excluding carboxylic acids is 1. The number of hydrogen-bond acceptors (Lipinski definition) is 7. The third-order valence-corrected chi connectivity index (χ3v) is 4.47. The molecule has 0 aliphatic carbocycles. The lowest BCUT2D eigenvalue weighted by Crippen LogP contribution is -2.16. The second kappa shape index (κ2) is 7.87. The molecule has 2 N–H and O–H groups in total. The largest absolute Gasteiger partial charge is 0.495 e. The Balaban J connectivity index is 1.73. The summed E-state index contributed by atoms with van der Waals surface area (Å²) in [7, 11) is 1.40. The first-order chi connectivity index (χ1) is 13.0. The number of H-pyrrole nitrogens is 1. The molecular weight excluding hydrogens is 372 g/mol. The summed E-state index contributed by atoms with van der Waals surface area (Å²) in [5.41, 5.74) is 0.268. The Kier molecular flexibility index (Phi) is 5.36. The number of ether oxygens (including phenoxy) is 1. The van der Waals surface area contributed by atoms with E-state index in [0.717, 1.165) is 11.8 Å². The average Bonchev–Trinajstić information content (AvgIpc) is 2.66. The first-order valence-electron chi connectivity index (χ1n) is 7.72. The van der Waals surface area contributed by atoms with Crippen LogP contribution in [0.1, 0.15) is 0 Å². The van der Waals surface area contributed by atoms with Crippen molar-refractivity contribution in [1.82, 2.24) is 9.97 Å². The first kappa shape index (κ1) is 18.4. The first-order valence-corrected chi connectivity index (χ1v) is 8.70. The Hall–Kier alpha value is -3.40. The van der Waals surface area contributed by atoms with Crippen LogP contribution in [0.25, 0.3) is 10.9 Å². The number of amides is 1. The fourth-order valence-electron chi connectivity index (χ4n) is 2.36. The van der Waals surface area contributed by atoms with Crippen molar-refractivity contribution in [3.8, 4) is 5.75 Å². The number of rotatable bonds is 6. The van der Waals surface area contributed by atoms with Crippen LogP contribution < -0.4 is 15.6 Å². The van der Waals surface area contributed by atoms with Crippen LogP contribution in [0.5, 0.6) is 5.75 Å². The van der Waals surface area contributed by atoms with Gasteiger partial charge in [0, 0.05) is 12.1 Å². The minimum absolute atomic E-state index is 0.0485. The van der Waals surface area contributed by atoms with Gasteiger partial charge in [-0.1, -0.05) is 23.9 Å². The summed E-state index contributed by atoms with van der Waals surface area (Å²) < 4.78 is 5.10. The molecule has 0 spiro atoms. The lowest BCUT2D eigenvalue weighted by atomic mass is 10.2. The van der Waals surface area contributed by atoms with Gasteiger partial charge in [0.05, 0.1) is 34.4 Å². The molecule has 0 saturated heterocycles. The summed E-state index contributed by atoms with van der Waals surface area (Å²) in [5.74, 6) is -0.168. The van der Waals surface area contributed by atoms with Crippen LogP contribution in [0, 0.1) is 10.1 Å². The highest BCUT2D eigenvalue weighted by Gasteiger charge is 2.14. The number of methoxy groups -OCH3 is 1. The molecule has 10 heteroatoms. The van der Waals surface area contributed by atoms with Crippen LogP contribution >= 0.6 is 11.8 Å². The zero-order valence-electron chi connectivity index (χ0n) is 14.1. The number of aromatic amines is 1. The molecule has 0 bridgehead atoms. The van der Waals surface area contributed by atoms with Crippen LogP contribution in [-0.2, 0) is 4.79 Å². The van der Waals surface area contributed by atoms with E-state index < -0.39 is 10.8 Å². The van der Waals surface area contributed by atoms with Crippen molar-refractivity contribution < 1.29 is 14.5 Å². The summed E-state index contributed by atoms with van der Waals surface area (Å²) in [5, 5.41) is 14.2. The van der Waals surface area contributed by atoms with Crippen LogP contribution in [0.2, 0.25) is 0 Å². The van der Waals surface area contributed by atoms with E-state index in [0.29, 0.717) is 21.8 Å². The summed E-state index contributed by atoms with van der Waals surface area (Å²) in [6.07, 6.45) is 0. The fraction of sp³-hybridized carbons (Fsp3) is 0.118. The molecule has 0 unspecified atom stereocenters. The highest BCUT2D eigenvalue weighted by molar-refractivity contribution is 7.99. The SMILES string of the molecule is COc1ccc([N+](=O)[O-])cc1NC(=O)CSc1nc2ccccc2c(=O)[nH]1. The Bertz CT molecular complexity index is 1080. The lowest BCUT2D eigenvalue weighted by molar-refractivity contribution is -0.384. The Morgan fingerprint density at radius 2 is 2.11 bits per heavy atom. The molecule has 138 valence electrons. The number of non-ortho nitro benzene ring substituents is 1. The number of nitrogens with zero attached hydrogens (tertiary/aromatic N) is 2. The molecule has 3 aromatic rings. The van der Waals surface area contributed by atoms with Gasteiger partial charge in [0.1, 0.15) is 5.75 Å². The number of para-hydroxylation sites is 1. The van der Waals surface area contributed by atoms with Gasteiger partial charge in [-0.25, -0.2) is 4.98 Å². The number of carbonyl (C=O) groups is 1. The Morgan fingerprint density at radius 1 is 1.33 bits per heavy atom. The Labute approximate surface area is 156 Å². The number of fused-ring (bicyclic) bond motifs is 1. The van der Waals surface area contributed by atoms with Gasteiger partial charge < -0.3 is 15.0 Å². The molecule has 0 radical (unpaired) electrons. The van der Waals surface area contributed by atoms with E-state index in [1.807, 2.05) is 0 Å². The summed E-state index contributed by atoms with van der Waals surface area (Å²) in [4.78, 5) is 41.5. The van der Waals surface area contributed by atoms with Crippen molar-refractivity contribution in [1.29, 1.82) is 0 Å². The van der Waals surface area contributed by atoms with E-state index in [9.17, 15) is 19.7 Å². The minimum Gasteiger partial charge on any atom is -0.495 e. The van der Waals surface area contributed by atoms with Crippen molar-refractivity contribution in [2.45, 2.75) is 5.16 Å². The van der Waals surface area contributed by atoms with E-state index in [-0.39, 0.29) is 22.7 Å². The molecule has 0 fully saturated rings. The van der Waals surface area contributed by atoms with E-state index in [2.05, 4.69) is 15.3 Å². The maximum absolute atomic E-state index is 12.2. The van der Waals surface area contributed by atoms with Gasteiger partial charge in [-0.3, -0.25) is 19.7 Å². The van der Waals surface area contributed by atoms with Crippen LogP contribution in [0.3, 0.4) is 0 Å². The number of aromatic nitrogens is 2. The van der Waals surface area contributed by atoms with Gasteiger partial charge >= 0.3 is 0 Å². The van der Waals surface area contributed by atoms with Gasteiger partial charge in [0.25, 0.3) is 11.2 Å². The number of hydrogen-bond donors (Lipinski definition) is 2. The number of nitrogens with one attached hydrogen (secondary N) is 2. The molecule has 1 heterocycles. The normalized spacial score (nSPS) is 10.6. The molecule has 1 aromatic heterocycles. The molecule has 3 rings (SSSR count). The maximum Gasteiger partial charge on any atom is 0.271 e. The van der Waals surface area contributed by atoms with Gasteiger partial charge in [-0.2, -0.15) is 0 Å². The average molecular weight is 386 g/mol. The lowest BCUT2D eigenvalue weighted by Gasteiger charge is -2.09. The number of anilines is 1. The summed E-state index contributed by atoms with van der Waals surface area (Å²) in [6, 6.07) is 10.8. The zero-order chi connectivity index (χ0) is 19.4. The van der Waals surface area contributed by atoms with E-state index in [1.165, 1.54) is 25.3 Å². The number of thioether (sulfide) groups is 1. The quantitative estimate of drug-likeness (QED) is 0.288. The highest BCUT2D eigenvalue weighted by Crippen LogP contribution is 2.29. The van der Waals surface area contributed by atoms with Crippen molar-refractivity contribution in [2.75, 3.05) is 18.2 Å². The molecule has 0 aliphatic rings. The molecule has 0 atom stereocenters. The minimum atomic E-state index is -0.562. The van der Waals surface area contributed by atoms with Crippen molar-refractivity contribution in [3.63, 3.8) is 0 Å². The van der Waals surface area contributed by atoms with Crippen LogP contribution in [0.4, 0.5) is 11.4 Å². The number of benzene rings is 2. The van der Waals surface area contributed by atoms with E-state index in [1.54, 1.807) is 24.3 Å². The van der Waals surface area contributed by atoms with E-state index >= 15 is 0 Å². The maximum atomic E-state index is 12.2. The third kappa shape index (κ3) is 4.23. The van der Waals surface area contributed by atoms with Gasteiger partial charge in [0.2, 0.25) is 5.91 Å². The smallest absolute Gasteiger partial charge is 0.271 e. The van der Waals surface area contributed by atoms with Gasteiger partial charge in [-0.15, -0.1) is 0 Å². The van der Waals surface area contributed by atoms with Crippen molar-refractivity contribution in [2.24, 2.45) is 0 Å². The Morgan fingerprint density at radius 3 is 2.85 bits per heavy atom. The highest BCUT2D eigenvalue weighted by atomic mass is 32.2. The molecule has 0 saturated carbocycles. The van der Waals surface area contributed by atoms with Crippen LogP contribution in [-0.4, -0.2) is 33.7 Å². The third-order valence-electron chi connectivity index (χ3n) is 3.60. The number of nitro groups is 1. The monoisotopic (exact) mass is 386 g/mol.